The molecule has 0 fully saturated rings. The van der Waals surface area contributed by atoms with Crippen LogP contribution in [0.5, 0.6) is 11.5 Å². The Hall–Kier alpha value is -3.27. The van der Waals surface area contributed by atoms with Gasteiger partial charge < -0.3 is 14.8 Å². The first-order chi connectivity index (χ1) is 15.9. The Morgan fingerprint density at radius 1 is 0.788 bits per heavy atom. The molecule has 0 bridgehead atoms. The first kappa shape index (κ1) is 24.4. The van der Waals surface area contributed by atoms with Crippen LogP contribution in [0.25, 0.3) is 0 Å². The maximum Gasteiger partial charge on any atom is 0.225 e. The van der Waals surface area contributed by atoms with Crippen LogP contribution in [-0.4, -0.2) is 12.5 Å². The van der Waals surface area contributed by atoms with Gasteiger partial charge in [-0.3, -0.25) is 4.79 Å². The van der Waals surface area contributed by atoms with E-state index in [1.165, 1.54) is 0 Å². The van der Waals surface area contributed by atoms with Gasteiger partial charge in [0.2, 0.25) is 5.91 Å². The van der Waals surface area contributed by atoms with E-state index < -0.39 is 0 Å². The van der Waals surface area contributed by atoms with Crippen LogP contribution >= 0.6 is 0 Å². The van der Waals surface area contributed by atoms with Gasteiger partial charge in [0.05, 0.1) is 0 Å². The summed E-state index contributed by atoms with van der Waals surface area (Å²) in [6, 6.07) is 26.2. The molecule has 1 N–H and O–H groups in total. The minimum absolute atomic E-state index is 0.0841. The van der Waals surface area contributed by atoms with Crippen LogP contribution in [-0.2, 0) is 24.4 Å². The lowest BCUT2D eigenvalue weighted by Crippen LogP contribution is -2.41. The molecule has 3 aromatic carbocycles. The normalized spacial score (nSPS) is 11.3. The number of carbonyl (C=O) groups is 1. The van der Waals surface area contributed by atoms with Crippen molar-refractivity contribution in [1.82, 2.24) is 5.32 Å². The summed E-state index contributed by atoms with van der Waals surface area (Å²) in [4.78, 5) is 12.5. The number of hydrogen-bond donors (Lipinski definition) is 1. The summed E-state index contributed by atoms with van der Waals surface area (Å²) in [5, 5.41) is 3.08. The molecule has 0 atom stereocenters. The second-order valence-electron chi connectivity index (χ2n) is 9.21. The SMILES string of the molecule is CC(C)C(C)(C)C(=O)NCCc1ccc(OCc2ccccc2)c(OCc2ccccc2)c1. The molecule has 0 saturated heterocycles. The minimum Gasteiger partial charge on any atom is -0.485 e. The summed E-state index contributed by atoms with van der Waals surface area (Å²) in [6.07, 6.45) is 0.723. The highest BCUT2D eigenvalue weighted by molar-refractivity contribution is 5.82. The van der Waals surface area contributed by atoms with Crippen molar-refractivity contribution in [1.29, 1.82) is 0 Å². The second-order valence-corrected chi connectivity index (χ2v) is 9.21. The average molecular weight is 446 g/mol. The molecule has 0 aliphatic rings. The van der Waals surface area contributed by atoms with E-state index in [1.54, 1.807) is 0 Å². The fraction of sp³-hybridized carbons (Fsp3) is 0.345. The molecule has 3 aromatic rings. The highest BCUT2D eigenvalue weighted by Gasteiger charge is 2.30. The lowest BCUT2D eigenvalue weighted by Gasteiger charge is -2.27. The van der Waals surface area contributed by atoms with Gasteiger partial charge in [-0.2, -0.15) is 0 Å². The maximum atomic E-state index is 12.5. The van der Waals surface area contributed by atoms with Gasteiger partial charge in [-0.15, -0.1) is 0 Å². The topological polar surface area (TPSA) is 47.6 Å². The molecule has 174 valence electrons. The smallest absolute Gasteiger partial charge is 0.225 e. The van der Waals surface area contributed by atoms with Crippen LogP contribution in [0.4, 0.5) is 0 Å². The zero-order valence-corrected chi connectivity index (χ0v) is 20.1. The summed E-state index contributed by atoms with van der Waals surface area (Å²) >= 11 is 0. The molecule has 0 spiro atoms. The molecule has 0 radical (unpaired) electrons. The Kier molecular flexibility index (Phi) is 8.53. The van der Waals surface area contributed by atoms with Gasteiger partial charge in [0.15, 0.2) is 11.5 Å². The molecule has 33 heavy (non-hydrogen) atoms. The predicted molar refractivity (Wildman–Crippen MR) is 133 cm³/mol. The fourth-order valence-corrected chi connectivity index (χ4v) is 3.22. The summed E-state index contributed by atoms with van der Waals surface area (Å²) < 4.78 is 12.2. The molecule has 0 aromatic heterocycles. The van der Waals surface area contributed by atoms with Crippen LogP contribution in [0.2, 0.25) is 0 Å². The van der Waals surface area contributed by atoms with Gasteiger partial charge >= 0.3 is 0 Å². The Labute approximate surface area is 197 Å². The van der Waals surface area contributed by atoms with E-state index >= 15 is 0 Å². The van der Waals surface area contributed by atoms with Crippen molar-refractivity contribution in [3.05, 3.63) is 95.6 Å². The quantitative estimate of drug-likeness (QED) is 0.383. The molecule has 0 saturated carbocycles. The van der Waals surface area contributed by atoms with Gasteiger partial charge in [-0.05, 0) is 41.2 Å². The van der Waals surface area contributed by atoms with E-state index in [9.17, 15) is 4.79 Å². The molecule has 4 nitrogen and oxygen atoms in total. The lowest BCUT2D eigenvalue weighted by atomic mass is 9.80. The highest BCUT2D eigenvalue weighted by Crippen LogP contribution is 2.30. The van der Waals surface area contributed by atoms with Crippen molar-refractivity contribution in [3.8, 4) is 11.5 Å². The first-order valence-electron chi connectivity index (χ1n) is 11.6. The second kappa shape index (κ2) is 11.6. The predicted octanol–water partition coefficient (Wildman–Crippen LogP) is 6.19. The number of nitrogens with one attached hydrogen (secondary N) is 1. The highest BCUT2D eigenvalue weighted by atomic mass is 16.5. The molecular formula is C29H35NO3. The van der Waals surface area contributed by atoms with Crippen molar-refractivity contribution in [3.63, 3.8) is 0 Å². The van der Waals surface area contributed by atoms with Crippen molar-refractivity contribution in [2.45, 2.75) is 47.3 Å². The summed E-state index contributed by atoms with van der Waals surface area (Å²) in [7, 11) is 0. The Morgan fingerprint density at radius 3 is 1.88 bits per heavy atom. The number of benzene rings is 3. The van der Waals surface area contributed by atoms with E-state index in [0.29, 0.717) is 31.3 Å². The van der Waals surface area contributed by atoms with Crippen molar-refractivity contribution in [2.24, 2.45) is 11.3 Å². The zero-order valence-electron chi connectivity index (χ0n) is 20.1. The molecule has 0 aliphatic heterocycles. The summed E-state index contributed by atoms with van der Waals surface area (Å²) in [5.74, 6) is 1.78. The Balaban J connectivity index is 1.67. The van der Waals surface area contributed by atoms with Gasteiger partial charge in [-0.1, -0.05) is 94.4 Å². The molecule has 0 unspecified atom stereocenters. The maximum absolute atomic E-state index is 12.5. The van der Waals surface area contributed by atoms with Crippen LogP contribution in [0.15, 0.2) is 78.9 Å². The van der Waals surface area contributed by atoms with Crippen LogP contribution in [0, 0.1) is 11.3 Å². The number of rotatable bonds is 11. The third kappa shape index (κ3) is 7.11. The van der Waals surface area contributed by atoms with E-state index in [-0.39, 0.29) is 17.2 Å². The van der Waals surface area contributed by atoms with Crippen molar-refractivity contribution >= 4 is 5.91 Å². The molecule has 3 rings (SSSR count). The number of ether oxygens (including phenoxy) is 2. The number of hydrogen-bond acceptors (Lipinski definition) is 3. The monoisotopic (exact) mass is 445 g/mol. The van der Waals surface area contributed by atoms with Gasteiger partial charge in [0.25, 0.3) is 0 Å². The summed E-state index contributed by atoms with van der Waals surface area (Å²) in [5.41, 5.74) is 2.90. The Bertz CT molecular complexity index is 1010. The number of amides is 1. The first-order valence-corrected chi connectivity index (χ1v) is 11.6. The minimum atomic E-state index is -0.390. The standard InChI is InChI=1S/C29H35NO3/c1-22(2)29(3,4)28(31)30-18-17-23-15-16-26(32-20-24-11-7-5-8-12-24)27(19-23)33-21-25-13-9-6-10-14-25/h5-16,19,22H,17-18,20-21H2,1-4H3,(H,30,31). The van der Waals surface area contributed by atoms with Gasteiger partial charge in [-0.25, -0.2) is 0 Å². The molecular weight excluding hydrogens is 410 g/mol. The van der Waals surface area contributed by atoms with Crippen LogP contribution in [0.3, 0.4) is 0 Å². The van der Waals surface area contributed by atoms with Gasteiger partial charge in [0.1, 0.15) is 13.2 Å². The Morgan fingerprint density at radius 2 is 1.33 bits per heavy atom. The van der Waals surface area contributed by atoms with Gasteiger partial charge in [0, 0.05) is 12.0 Å². The van der Waals surface area contributed by atoms with E-state index in [2.05, 4.69) is 19.2 Å². The fourth-order valence-electron chi connectivity index (χ4n) is 3.22. The van der Waals surface area contributed by atoms with Crippen LogP contribution in [0.1, 0.15) is 44.4 Å². The molecule has 1 amide bonds. The summed E-state index contributed by atoms with van der Waals surface area (Å²) in [6.45, 7) is 9.64. The zero-order chi connectivity index (χ0) is 23.7. The van der Waals surface area contributed by atoms with E-state index in [0.717, 1.165) is 23.1 Å². The largest absolute Gasteiger partial charge is 0.485 e. The van der Waals surface area contributed by atoms with Crippen LogP contribution < -0.4 is 14.8 Å². The third-order valence-electron chi connectivity index (χ3n) is 6.21. The number of carbonyl (C=O) groups excluding carboxylic acids is 1. The molecule has 0 heterocycles. The molecule has 0 aliphatic carbocycles. The van der Waals surface area contributed by atoms with Crippen molar-refractivity contribution in [2.75, 3.05) is 6.54 Å². The lowest BCUT2D eigenvalue weighted by molar-refractivity contribution is -0.131. The van der Waals surface area contributed by atoms with Crippen molar-refractivity contribution < 1.29 is 14.3 Å². The van der Waals surface area contributed by atoms with E-state index in [4.69, 9.17) is 9.47 Å². The molecule has 4 heteroatoms. The van der Waals surface area contributed by atoms with E-state index in [1.807, 2.05) is 92.7 Å². The third-order valence-corrected chi connectivity index (χ3v) is 6.21. The average Bonchev–Trinajstić information content (AvgIpc) is 2.83.